The highest BCUT2D eigenvalue weighted by molar-refractivity contribution is 7.91. The molecule has 0 aromatic heterocycles. The van der Waals surface area contributed by atoms with Gasteiger partial charge in [-0.25, -0.2) is 8.42 Å². The van der Waals surface area contributed by atoms with E-state index in [1.54, 1.807) is 0 Å². The van der Waals surface area contributed by atoms with E-state index in [0.717, 1.165) is 25.7 Å². The van der Waals surface area contributed by atoms with Gasteiger partial charge in [0.2, 0.25) is 5.91 Å². The third-order valence-corrected chi connectivity index (χ3v) is 5.79. The Balaban J connectivity index is 0.00000400. The summed E-state index contributed by atoms with van der Waals surface area (Å²) >= 11 is 0. The lowest BCUT2D eigenvalue weighted by Gasteiger charge is -2.31. The lowest BCUT2D eigenvalue weighted by molar-refractivity contribution is -0.122. The molecular formula is C14H29ClN2O3S. The number of nitrogens with one attached hydrogen (secondary N) is 1. The van der Waals surface area contributed by atoms with E-state index in [0.29, 0.717) is 12.5 Å². The third kappa shape index (κ3) is 8.02. The topological polar surface area (TPSA) is 89.3 Å². The van der Waals surface area contributed by atoms with Crippen LogP contribution in [0.5, 0.6) is 0 Å². The highest BCUT2D eigenvalue weighted by Gasteiger charge is 2.25. The molecule has 2 atom stereocenters. The van der Waals surface area contributed by atoms with Crippen LogP contribution in [0, 0.1) is 11.8 Å². The van der Waals surface area contributed by atoms with E-state index in [4.69, 9.17) is 5.73 Å². The number of amides is 1. The van der Waals surface area contributed by atoms with Gasteiger partial charge >= 0.3 is 0 Å². The largest absolute Gasteiger partial charge is 0.353 e. The first-order valence-corrected chi connectivity index (χ1v) is 9.36. The van der Waals surface area contributed by atoms with Crippen molar-refractivity contribution in [2.45, 2.75) is 52.0 Å². The van der Waals surface area contributed by atoms with Gasteiger partial charge in [0.25, 0.3) is 0 Å². The monoisotopic (exact) mass is 340 g/mol. The number of rotatable bonds is 7. The Bertz CT molecular complexity index is 412. The fraction of sp³-hybridized carbons (Fsp3) is 0.929. The van der Waals surface area contributed by atoms with Gasteiger partial charge < -0.3 is 11.1 Å². The van der Waals surface area contributed by atoms with Crippen molar-refractivity contribution in [3.8, 4) is 0 Å². The van der Waals surface area contributed by atoms with Crippen LogP contribution in [-0.2, 0) is 14.6 Å². The van der Waals surface area contributed by atoms with Crippen molar-refractivity contribution >= 4 is 28.2 Å². The molecule has 0 bridgehead atoms. The lowest BCUT2D eigenvalue weighted by Crippen LogP contribution is -2.45. The highest BCUT2D eigenvalue weighted by Crippen LogP contribution is 2.23. The van der Waals surface area contributed by atoms with Gasteiger partial charge in [0, 0.05) is 12.5 Å². The molecule has 1 aliphatic rings. The molecule has 21 heavy (non-hydrogen) atoms. The van der Waals surface area contributed by atoms with Gasteiger partial charge in [0.05, 0.1) is 11.5 Å². The van der Waals surface area contributed by atoms with Crippen molar-refractivity contribution in [2.75, 3.05) is 18.1 Å². The average molecular weight is 341 g/mol. The molecule has 0 spiro atoms. The molecule has 126 valence electrons. The van der Waals surface area contributed by atoms with Gasteiger partial charge in [-0.1, -0.05) is 26.7 Å². The maximum absolute atomic E-state index is 11.9. The molecule has 0 aromatic rings. The van der Waals surface area contributed by atoms with Crippen LogP contribution >= 0.6 is 12.4 Å². The minimum Gasteiger partial charge on any atom is -0.353 e. The summed E-state index contributed by atoms with van der Waals surface area (Å²) in [6.07, 6.45) is 4.33. The molecule has 1 amide bonds. The lowest BCUT2D eigenvalue weighted by atomic mass is 9.84. The molecule has 0 aliphatic heterocycles. The summed E-state index contributed by atoms with van der Waals surface area (Å²) in [6.45, 7) is 4.31. The fourth-order valence-electron chi connectivity index (χ4n) is 2.80. The van der Waals surface area contributed by atoms with E-state index in [9.17, 15) is 13.2 Å². The molecule has 7 heteroatoms. The Morgan fingerprint density at radius 2 is 1.90 bits per heavy atom. The van der Waals surface area contributed by atoms with Crippen LogP contribution < -0.4 is 11.1 Å². The first-order valence-electron chi connectivity index (χ1n) is 7.54. The Morgan fingerprint density at radius 1 is 1.29 bits per heavy atom. The van der Waals surface area contributed by atoms with Gasteiger partial charge in [-0.15, -0.1) is 12.4 Å². The van der Waals surface area contributed by atoms with Gasteiger partial charge in [-0.05, 0) is 31.2 Å². The quantitative estimate of drug-likeness (QED) is 0.735. The Kier molecular flexibility index (Phi) is 9.49. The maximum Gasteiger partial charge on any atom is 0.221 e. The maximum atomic E-state index is 11.9. The number of nitrogens with two attached hydrogens (primary N) is 1. The molecule has 0 saturated heterocycles. The number of hydrogen-bond donors (Lipinski definition) is 2. The summed E-state index contributed by atoms with van der Waals surface area (Å²) in [5.74, 6) is 0.359. The normalized spacial score (nSPS) is 22.7. The zero-order valence-corrected chi connectivity index (χ0v) is 14.6. The van der Waals surface area contributed by atoms with Crippen molar-refractivity contribution in [3.63, 3.8) is 0 Å². The van der Waals surface area contributed by atoms with Crippen molar-refractivity contribution in [3.05, 3.63) is 0 Å². The molecule has 2 unspecified atom stereocenters. The molecular weight excluding hydrogens is 312 g/mol. The summed E-state index contributed by atoms with van der Waals surface area (Å²) in [5.41, 5.74) is 5.72. The second-order valence-electron chi connectivity index (χ2n) is 6.21. The second-order valence-corrected chi connectivity index (χ2v) is 8.44. The van der Waals surface area contributed by atoms with E-state index in [1.807, 2.05) is 13.8 Å². The third-order valence-electron chi connectivity index (χ3n) is 3.79. The number of carbonyl (C=O) groups excluding carboxylic acids is 1. The summed E-state index contributed by atoms with van der Waals surface area (Å²) in [5, 5.41) is 2.96. The smallest absolute Gasteiger partial charge is 0.221 e. The van der Waals surface area contributed by atoms with Gasteiger partial charge in [-0.3, -0.25) is 4.79 Å². The Labute approximate surface area is 134 Å². The molecule has 1 aliphatic carbocycles. The molecule has 1 fully saturated rings. The average Bonchev–Trinajstić information content (AvgIpc) is 2.36. The standard InChI is InChI=1S/C14H28N2O3S.ClH/c1-11(2)10-20(18,19)8-7-14(17)16-13-6-4-3-5-12(13)9-15;/h11-13H,3-10,15H2,1-2H3,(H,16,17);1H. The van der Waals surface area contributed by atoms with Crippen LogP contribution in [0.15, 0.2) is 0 Å². The first-order chi connectivity index (χ1) is 9.34. The van der Waals surface area contributed by atoms with Crippen LogP contribution in [0.3, 0.4) is 0 Å². The SMILES string of the molecule is CC(C)CS(=O)(=O)CCC(=O)NC1CCCCC1CN.Cl. The second kappa shape index (κ2) is 9.64. The molecule has 3 N–H and O–H groups in total. The van der Waals surface area contributed by atoms with E-state index < -0.39 is 9.84 Å². The number of halogens is 1. The number of sulfone groups is 1. The van der Waals surface area contributed by atoms with Crippen molar-refractivity contribution in [1.82, 2.24) is 5.32 Å². The summed E-state index contributed by atoms with van der Waals surface area (Å²) in [4.78, 5) is 11.9. The van der Waals surface area contributed by atoms with Gasteiger partial charge in [0.1, 0.15) is 0 Å². The summed E-state index contributed by atoms with van der Waals surface area (Å²) < 4.78 is 23.5. The molecule has 1 rings (SSSR count). The highest BCUT2D eigenvalue weighted by atomic mass is 35.5. The van der Waals surface area contributed by atoms with E-state index >= 15 is 0 Å². The predicted molar refractivity (Wildman–Crippen MR) is 88.3 cm³/mol. The molecule has 0 aromatic carbocycles. The number of hydrogen-bond acceptors (Lipinski definition) is 4. The fourth-order valence-corrected chi connectivity index (χ4v) is 4.48. The number of carbonyl (C=O) groups is 1. The van der Waals surface area contributed by atoms with Crippen LogP contribution in [0.2, 0.25) is 0 Å². The first kappa shape index (κ1) is 20.7. The van der Waals surface area contributed by atoms with E-state index in [2.05, 4.69) is 5.32 Å². The summed E-state index contributed by atoms with van der Waals surface area (Å²) in [6, 6.07) is 0.119. The molecule has 0 radical (unpaired) electrons. The Hall–Kier alpha value is -0.330. The molecule has 1 saturated carbocycles. The zero-order valence-electron chi connectivity index (χ0n) is 13.0. The minimum absolute atomic E-state index is 0. The van der Waals surface area contributed by atoms with E-state index in [-0.39, 0.29) is 48.2 Å². The van der Waals surface area contributed by atoms with Crippen LogP contribution in [-0.4, -0.2) is 38.4 Å². The van der Waals surface area contributed by atoms with Crippen molar-refractivity contribution in [2.24, 2.45) is 17.6 Å². The predicted octanol–water partition coefficient (Wildman–Crippen LogP) is 1.50. The van der Waals surface area contributed by atoms with Crippen molar-refractivity contribution < 1.29 is 13.2 Å². The van der Waals surface area contributed by atoms with Gasteiger partial charge in [-0.2, -0.15) is 0 Å². The molecule has 5 nitrogen and oxygen atoms in total. The van der Waals surface area contributed by atoms with Gasteiger partial charge in [0.15, 0.2) is 9.84 Å². The zero-order chi connectivity index (χ0) is 15.2. The summed E-state index contributed by atoms with van der Waals surface area (Å²) in [7, 11) is -3.12. The minimum atomic E-state index is -3.12. The van der Waals surface area contributed by atoms with Crippen LogP contribution in [0.4, 0.5) is 0 Å². The van der Waals surface area contributed by atoms with E-state index in [1.165, 1.54) is 0 Å². The van der Waals surface area contributed by atoms with Crippen molar-refractivity contribution in [1.29, 1.82) is 0 Å². The Morgan fingerprint density at radius 3 is 2.48 bits per heavy atom. The van der Waals surface area contributed by atoms with Crippen LogP contribution in [0.25, 0.3) is 0 Å². The van der Waals surface area contributed by atoms with Crippen LogP contribution in [0.1, 0.15) is 46.0 Å². The molecule has 0 heterocycles.